The van der Waals surface area contributed by atoms with Crippen molar-refractivity contribution in [1.29, 1.82) is 0 Å². The number of hydrogen-bond acceptors (Lipinski definition) is 4. The fourth-order valence-electron chi connectivity index (χ4n) is 1.66. The number of nitrogens with one attached hydrogen (secondary N) is 1. The van der Waals surface area contributed by atoms with Crippen LogP contribution in [0.5, 0.6) is 0 Å². The summed E-state index contributed by atoms with van der Waals surface area (Å²) in [5, 5.41) is 15.2. The molecule has 110 valence electrons. The van der Waals surface area contributed by atoms with E-state index in [9.17, 15) is 9.59 Å². The van der Waals surface area contributed by atoms with Crippen LogP contribution >= 0.6 is 0 Å². The van der Waals surface area contributed by atoms with Crippen LogP contribution in [0.2, 0.25) is 0 Å². The van der Waals surface area contributed by atoms with Crippen LogP contribution in [0.3, 0.4) is 0 Å². The van der Waals surface area contributed by atoms with Gasteiger partial charge in [0, 0.05) is 30.9 Å². The molecule has 1 rings (SSSR count). The summed E-state index contributed by atoms with van der Waals surface area (Å²) < 4.78 is 6.55. The van der Waals surface area contributed by atoms with Gasteiger partial charge in [0.05, 0.1) is 12.3 Å². The molecule has 0 aliphatic carbocycles. The molecule has 0 spiro atoms. The standard InChI is InChI=1S/C13H19N3O4/c1-9-11(10(2)16(3)15-9)4-5-12(17)14-6-7-20-8-13(18)19/h4-5H,6-8H2,1-3H3,(H,14,17)(H,18,19). The van der Waals surface area contributed by atoms with E-state index < -0.39 is 5.97 Å². The summed E-state index contributed by atoms with van der Waals surface area (Å²) in [7, 11) is 1.85. The van der Waals surface area contributed by atoms with Gasteiger partial charge < -0.3 is 15.2 Å². The Bertz CT molecular complexity index is 520. The van der Waals surface area contributed by atoms with Crippen LogP contribution in [0.15, 0.2) is 6.08 Å². The van der Waals surface area contributed by atoms with Crippen LogP contribution in [-0.4, -0.2) is 46.5 Å². The fraction of sp³-hybridized carbons (Fsp3) is 0.462. The molecule has 0 aliphatic rings. The minimum atomic E-state index is -1.03. The van der Waals surface area contributed by atoms with Gasteiger partial charge in [0.15, 0.2) is 0 Å². The Hall–Kier alpha value is -2.15. The number of carbonyl (C=O) groups is 2. The molecule has 1 aromatic heterocycles. The molecule has 1 heterocycles. The molecule has 0 unspecified atom stereocenters. The fourth-order valence-corrected chi connectivity index (χ4v) is 1.66. The zero-order chi connectivity index (χ0) is 15.1. The highest BCUT2D eigenvalue weighted by Gasteiger charge is 2.06. The Morgan fingerprint density at radius 1 is 1.45 bits per heavy atom. The summed E-state index contributed by atoms with van der Waals surface area (Å²) in [6, 6.07) is 0. The molecule has 2 N–H and O–H groups in total. The first-order valence-corrected chi connectivity index (χ1v) is 6.17. The van der Waals surface area contributed by atoms with E-state index >= 15 is 0 Å². The van der Waals surface area contributed by atoms with E-state index in [1.165, 1.54) is 6.08 Å². The minimum Gasteiger partial charge on any atom is -0.480 e. The first kappa shape index (κ1) is 15.9. The largest absolute Gasteiger partial charge is 0.480 e. The summed E-state index contributed by atoms with van der Waals surface area (Å²) in [6.07, 6.45) is 3.14. The number of carboxylic acid groups (broad SMARTS) is 1. The second-order valence-electron chi connectivity index (χ2n) is 4.28. The Kier molecular flexibility index (Phi) is 5.92. The quantitative estimate of drug-likeness (QED) is 0.552. The van der Waals surface area contributed by atoms with Gasteiger partial charge in [-0.3, -0.25) is 9.48 Å². The summed E-state index contributed by atoms with van der Waals surface area (Å²) in [4.78, 5) is 21.7. The van der Waals surface area contributed by atoms with E-state index in [4.69, 9.17) is 9.84 Å². The molecule has 7 nitrogen and oxygen atoms in total. The number of nitrogens with zero attached hydrogens (tertiary/aromatic N) is 2. The molecule has 0 saturated carbocycles. The summed E-state index contributed by atoms with van der Waals surface area (Å²) >= 11 is 0. The average Bonchev–Trinajstić information content (AvgIpc) is 2.60. The molecule has 0 saturated heterocycles. The van der Waals surface area contributed by atoms with Crippen LogP contribution in [0, 0.1) is 13.8 Å². The summed E-state index contributed by atoms with van der Waals surface area (Å²) in [5.74, 6) is -1.29. The molecule has 0 atom stereocenters. The molecule has 0 radical (unpaired) electrons. The average molecular weight is 281 g/mol. The number of aryl methyl sites for hydroxylation is 2. The van der Waals surface area contributed by atoms with Crippen molar-refractivity contribution in [3.63, 3.8) is 0 Å². The van der Waals surface area contributed by atoms with Crippen molar-refractivity contribution in [2.24, 2.45) is 7.05 Å². The highest BCUT2D eigenvalue weighted by Crippen LogP contribution is 2.13. The SMILES string of the molecule is Cc1nn(C)c(C)c1C=CC(=O)NCCOCC(=O)O. The smallest absolute Gasteiger partial charge is 0.329 e. The molecule has 0 bridgehead atoms. The lowest BCUT2D eigenvalue weighted by Crippen LogP contribution is -2.26. The van der Waals surface area contributed by atoms with E-state index in [0.717, 1.165) is 17.0 Å². The van der Waals surface area contributed by atoms with E-state index in [-0.39, 0.29) is 25.7 Å². The van der Waals surface area contributed by atoms with Crippen molar-refractivity contribution < 1.29 is 19.4 Å². The van der Waals surface area contributed by atoms with Gasteiger partial charge in [0.25, 0.3) is 0 Å². The predicted molar refractivity (Wildman–Crippen MR) is 73.2 cm³/mol. The zero-order valence-corrected chi connectivity index (χ0v) is 11.8. The summed E-state index contributed by atoms with van der Waals surface area (Å²) in [6.45, 7) is 3.87. The molecule has 20 heavy (non-hydrogen) atoms. The van der Waals surface area contributed by atoms with Crippen molar-refractivity contribution in [1.82, 2.24) is 15.1 Å². The van der Waals surface area contributed by atoms with Crippen LogP contribution in [0.25, 0.3) is 6.08 Å². The van der Waals surface area contributed by atoms with E-state index in [1.807, 2.05) is 20.9 Å². The third-order valence-electron chi connectivity index (χ3n) is 2.74. The normalized spacial score (nSPS) is 10.9. The van der Waals surface area contributed by atoms with Crippen molar-refractivity contribution in [3.8, 4) is 0 Å². The lowest BCUT2D eigenvalue weighted by molar-refractivity contribution is -0.142. The van der Waals surface area contributed by atoms with Crippen molar-refractivity contribution in [2.45, 2.75) is 13.8 Å². The Balaban J connectivity index is 2.38. The van der Waals surface area contributed by atoms with E-state index in [2.05, 4.69) is 10.4 Å². The maximum Gasteiger partial charge on any atom is 0.329 e. The first-order valence-electron chi connectivity index (χ1n) is 6.17. The van der Waals surface area contributed by atoms with Crippen molar-refractivity contribution >= 4 is 18.0 Å². The van der Waals surface area contributed by atoms with Crippen molar-refractivity contribution in [3.05, 3.63) is 23.0 Å². The van der Waals surface area contributed by atoms with E-state index in [1.54, 1.807) is 10.8 Å². The Morgan fingerprint density at radius 2 is 2.15 bits per heavy atom. The van der Waals surface area contributed by atoms with Gasteiger partial charge in [-0.25, -0.2) is 4.79 Å². The number of carboxylic acids is 1. The number of aliphatic carboxylic acids is 1. The van der Waals surface area contributed by atoms with Gasteiger partial charge in [-0.05, 0) is 19.9 Å². The topological polar surface area (TPSA) is 93.5 Å². The molecule has 1 aromatic rings. The third kappa shape index (κ3) is 4.85. The lowest BCUT2D eigenvalue weighted by atomic mass is 10.2. The zero-order valence-electron chi connectivity index (χ0n) is 11.8. The minimum absolute atomic E-state index is 0.164. The van der Waals surface area contributed by atoms with Crippen LogP contribution in [-0.2, 0) is 21.4 Å². The highest BCUT2D eigenvalue weighted by atomic mass is 16.5. The summed E-state index contributed by atoms with van der Waals surface area (Å²) in [5.41, 5.74) is 2.76. The molecular weight excluding hydrogens is 262 g/mol. The molecule has 0 aromatic carbocycles. The second-order valence-corrected chi connectivity index (χ2v) is 4.28. The highest BCUT2D eigenvalue weighted by molar-refractivity contribution is 5.91. The number of hydrogen-bond donors (Lipinski definition) is 2. The predicted octanol–water partition coefficient (Wildman–Crippen LogP) is 0.268. The molecule has 0 fully saturated rings. The molecular formula is C13H19N3O4. The number of ether oxygens (including phenoxy) is 1. The van der Waals surface area contributed by atoms with Gasteiger partial charge in [-0.1, -0.05) is 0 Å². The maximum atomic E-state index is 11.5. The van der Waals surface area contributed by atoms with Gasteiger partial charge in [-0.15, -0.1) is 0 Å². The molecule has 7 heteroatoms. The van der Waals surface area contributed by atoms with Crippen LogP contribution in [0.4, 0.5) is 0 Å². The van der Waals surface area contributed by atoms with Gasteiger partial charge >= 0.3 is 5.97 Å². The third-order valence-corrected chi connectivity index (χ3v) is 2.74. The van der Waals surface area contributed by atoms with Crippen molar-refractivity contribution in [2.75, 3.05) is 19.8 Å². The van der Waals surface area contributed by atoms with Gasteiger partial charge in [0.1, 0.15) is 6.61 Å². The van der Waals surface area contributed by atoms with Gasteiger partial charge in [0.2, 0.25) is 5.91 Å². The number of carbonyl (C=O) groups excluding carboxylic acids is 1. The maximum absolute atomic E-state index is 11.5. The second kappa shape index (κ2) is 7.44. The lowest BCUT2D eigenvalue weighted by Gasteiger charge is -2.02. The van der Waals surface area contributed by atoms with E-state index in [0.29, 0.717) is 0 Å². The number of aromatic nitrogens is 2. The van der Waals surface area contributed by atoms with Gasteiger partial charge in [-0.2, -0.15) is 5.10 Å². The monoisotopic (exact) mass is 281 g/mol. The number of amides is 1. The van der Waals surface area contributed by atoms with Crippen LogP contribution < -0.4 is 5.32 Å². The van der Waals surface area contributed by atoms with Crippen LogP contribution in [0.1, 0.15) is 17.0 Å². The molecule has 0 aliphatic heterocycles. The molecule has 1 amide bonds. The Morgan fingerprint density at radius 3 is 2.70 bits per heavy atom. The Labute approximate surface area is 117 Å². The number of rotatable bonds is 7. The first-order chi connectivity index (χ1) is 9.41.